The van der Waals surface area contributed by atoms with Gasteiger partial charge in [0.2, 0.25) is 17.8 Å². The molecule has 4 rings (SSSR count). The van der Waals surface area contributed by atoms with Crippen LogP contribution in [-0.2, 0) is 0 Å². The molecule has 0 spiro atoms. The maximum Gasteiger partial charge on any atom is 0.280 e. The lowest BCUT2D eigenvalue weighted by atomic mass is 10.1. The topological polar surface area (TPSA) is 136 Å². The van der Waals surface area contributed by atoms with E-state index in [0.717, 1.165) is 11.1 Å². The highest BCUT2D eigenvalue weighted by molar-refractivity contribution is 5.95. The molecule has 0 amide bonds. The number of anilines is 2. The molecule has 0 atom stereocenters. The molecule has 10 heteroatoms. The number of aromatic nitrogens is 4. The van der Waals surface area contributed by atoms with E-state index in [1.54, 1.807) is 6.92 Å². The van der Waals surface area contributed by atoms with Crippen LogP contribution < -0.4 is 10.1 Å². The number of aromatic hydroxyl groups is 1. The van der Waals surface area contributed by atoms with Crippen molar-refractivity contribution in [3.8, 4) is 11.6 Å². The van der Waals surface area contributed by atoms with Crippen molar-refractivity contribution in [1.29, 1.82) is 0 Å². The first-order valence-corrected chi connectivity index (χ1v) is 9.03. The number of nitro groups is 1. The second-order valence-electron chi connectivity index (χ2n) is 6.87. The average Bonchev–Trinajstić information content (AvgIpc) is 2.68. The highest BCUT2D eigenvalue weighted by Gasteiger charge is 2.21. The van der Waals surface area contributed by atoms with Crippen LogP contribution in [0.3, 0.4) is 0 Å². The summed E-state index contributed by atoms with van der Waals surface area (Å²) < 4.78 is 5.31. The molecule has 0 fully saturated rings. The van der Waals surface area contributed by atoms with Crippen molar-refractivity contribution in [3.05, 3.63) is 51.2 Å². The van der Waals surface area contributed by atoms with Gasteiger partial charge in [-0.3, -0.25) is 15.4 Å². The Morgan fingerprint density at radius 3 is 2.43 bits per heavy atom. The lowest BCUT2D eigenvalue weighted by Crippen LogP contribution is -2.05. The maximum atomic E-state index is 11.4. The van der Waals surface area contributed by atoms with E-state index >= 15 is 0 Å². The smallest absolute Gasteiger partial charge is 0.280 e. The lowest BCUT2D eigenvalue weighted by Gasteiger charge is -2.11. The summed E-state index contributed by atoms with van der Waals surface area (Å²) in [4.78, 5) is 28.2. The fraction of sp³-hybridized carbons (Fsp3) is 0.200. The summed E-state index contributed by atoms with van der Waals surface area (Å²) in [5.41, 5.74) is 3.05. The quantitative estimate of drug-likeness (QED) is 0.382. The predicted octanol–water partition coefficient (Wildman–Crippen LogP) is 3.86. The zero-order chi connectivity index (χ0) is 21.6. The Balaban J connectivity index is 1.86. The van der Waals surface area contributed by atoms with Gasteiger partial charge in [-0.2, -0.15) is 4.98 Å². The molecule has 2 aromatic carbocycles. The van der Waals surface area contributed by atoms with Gasteiger partial charge in [0.15, 0.2) is 0 Å². The molecule has 2 heterocycles. The third-order valence-corrected chi connectivity index (χ3v) is 4.73. The van der Waals surface area contributed by atoms with Crippen molar-refractivity contribution in [3.63, 3.8) is 0 Å². The Morgan fingerprint density at radius 2 is 1.73 bits per heavy atom. The van der Waals surface area contributed by atoms with Crippen molar-refractivity contribution in [2.75, 3.05) is 12.4 Å². The van der Waals surface area contributed by atoms with Gasteiger partial charge in [0.1, 0.15) is 16.7 Å². The third kappa shape index (κ3) is 3.17. The molecular weight excluding hydrogens is 388 g/mol. The number of benzene rings is 2. The van der Waals surface area contributed by atoms with Crippen LogP contribution >= 0.6 is 0 Å². The number of aryl methyl sites for hydroxylation is 3. The zero-order valence-electron chi connectivity index (χ0n) is 16.7. The molecule has 4 aromatic rings. The normalized spacial score (nSPS) is 11.1. The highest BCUT2D eigenvalue weighted by Crippen LogP contribution is 2.34. The molecule has 0 saturated heterocycles. The van der Waals surface area contributed by atoms with Gasteiger partial charge in [-0.15, -0.1) is 0 Å². The summed E-state index contributed by atoms with van der Waals surface area (Å²) in [7, 11) is 1.46. The Kier molecular flexibility index (Phi) is 4.53. The number of ether oxygens (including phenoxy) is 1. The van der Waals surface area contributed by atoms with Crippen LogP contribution in [0, 0.1) is 30.9 Å². The largest absolute Gasteiger partial charge is 0.494 e. The molecular formula is C20H18N6O4. The number of non-ortho nitro benzene ring substituents is 1. The zero-order valence-corrected chi connectivity index (χ0v) is 16.7. The molecule has 0 aliphatic carbocycles. The molecule has 152 valence electrons. The molecule has 2 N–H and O–H groups in total. The van der Waals surface area contributed by atoms with E-state index < -0.39 is 4.92 Å². The van der Waals surface area contributed by atoms with E-state index in [4.69, 9.17) is 4.74 Å². The van der Waals surface area contributed by atoms with E-state index in [2.05, 4.69) is 25.3 Å². The van der Waals surface area contributed by atoms with E-state index in [1.165, 1.54) is 19.2 Å². The van der Waals surface area contributed by atoms with E-state index in [9.17, 15) is 15.2 Å². The summed E-state index contributed by atoms with van der Waals surface area (Å²) in [6, 6.07) is 6.61. The molecule has 0 aliphatic heterocycles. The van der Waals surface area contributed by atoms with E-state index in [1.807, 2.05) is 26.0 Å². The van der Waals surface area contributed by atoms with Gasteiger partial charge in [-0.1, -0.05) is 6.07 Å². The third-order valence-electron chi connectivity index (χ3n) is 4.73. The highest BCUT2D eigenvalue weighted by atomic mass is 16.6. The number of fused-ring (bicyclic) bond motifs is 2. The minimum absolute atomic E-state index is 0.107. The number of nitrogens with one attached hydrogen (secondary N) is 1. The van der Waals surface area contributed by atoms with Gasteiger partial charge in [0, 0.05) is 6.07 Å². The summed E-state index contributed by atoms with van der Waals surface area (Å²) in [5.74, 6) is 0.440. The van der Waals surface area contributed by atoms with Gasteiger partial charge in [0.05, 0.1) is 28.6 Å². The molecule has 0 radical (unpaired) electrons. The molecule has 0 saturated carbocycles. The number of hydrogen-bond acceptors (Lipinski definition) is 9. The minimum atomic E-state index is -0.486. The van der Waals surface area contributed by atoms with Crippen molar-refractivity contribution < 1.29 is 14.8 Å². The second kappa shape index (κ2) is 7.07. The predicted molar refractivity (Wildman–Crippen MR) is 111 cm³/mol. The standard InChI is InChI=1S/C20H18N6O4/c1-9-7-10(2)16-12(8-9)18(27)24-20(22-16)25-19-21-11(3)15-13(26(28)29)5-6-14(30-4)17(15)23-19/h5-8H,1-4H3,(H2,21,22,23,24,25,27). The molecule has 10 nitrogen and oxygen atoms in total. The lowest BCUT2D eigenvalue weighted by molar-refractivity contribution is -0.383. The second-order valence-corrected chi connectivity index (χ2v) is 6.87. The number of hydrogen-bond donors (Lipinski definition) is 2. The summed E-state index contributed by atoms with van der Waals surface area (Å²) in [6.45, 7) is 5.47. The summed E-state index contributed by atoms with van der Waals surface area (Å²) >= 11 is 0. The first kappa shape index (κ1) is 19.2. The SMILES string of the molecule is COc1ccc([N+](=O)[O-])c2c(C)nc(Nc3nc(O)c4cc(C)cc(C)c4n3)nc12. The number of methoxy groups -OCH3 is 1. The molecule has 2 aromatic heterocycles. The van der Waals surface area contributed by atoms with Gasteiger partial charge < -0.3 is 9.84 Å². The Labute approximate surface area is 170 Å². The first-order valence-electron chi connectivity index (χ1n) is 9.03. The molecule has 0 aliphatic rings. The first-order chi connectivity index (χ1) is 14.3. The van der Waals surface area contributed by atoms with Gasteiger partial charge in [-0.25, -0.2) is 15.0 Å². The van der Waals surface area contributed by atoms with Crippen molar-refractivity contribution >= 4 is 39.4 Å². The van der Waals surface area contributed by atoms with Crippen molar-refractivity contribution in [2.45, 2.75) is 20.8 Å². The fourth-order valence-corrected chi connectivity index (χ4v) is 3.47. The van der Waals surface area contributed by atoms with E-state index in [-0.39, 0.29) is 23.5 Å². The number of rotatable bonds is 4. The van der Waals surface area contributed by atoms with Crippen LogP contribution in [0.2, 0.25) is 0 Å². The average molecular weight is 406 g/mol. The van der Waals surface area contributed by atoms with Crippen molar-refractivity contribution in [1.82, 2.24) is 19.9 Å². The molecule has 0 unspecified atom stereocenters. The van der Waals surface area contributed by atoms with Gasteiger partial charge in [-0.05, 0) is 44.0 Å². The van der Waals surface area contributed by atoms with Crippen molar-refractivity contribution in [2.24, 2.45) is 0 Å². The number of nitro benzene ring substituents is 1. The van der Waals surface area contributed by atoms with Gasteiger partial charge >= 0.3 is 0 Å². The number of nitrogens with zero attached hydrogens (tertiary/aromatic N) is 5. The minimum Gasteiger partial charge on any atom is -0.494 e. The van der Waals surface area contributed by atoms with E-state index in [0.29, 0.717) is 33.2 Å². The molecule has 0 bridgehead atoms. The Hall–Kier alpha value is -4.08. The maximum absolute atomic E-state index is 11.4. The van der Waals surface area contributed by atoms with Gasteiger partial charge in [0.25, 0.3) is 5.69 Å². The summed E-state index contributed by atoms with van der Waals surface area (Å²) in [6.07, 6.45) is 0. The van der Waals surface area contributed by atoms with Crippen LogP contribution in [-0.4, -0.2) is 37.1 Å². The van der Waals surface area contributed by atoms with Crippen LogP contribution in [0.5, 0.6) is 11.6 Å². The van der Waals surface area contributed by atoms with Crippen LogP contribution in [0.4, 0.5) is 17.6 Å². The monoisotopic (exact) mass is 406 g/mol. The fourth-order valence-electron chi connectivity index (χ4n) is 3.47. The Bertz CT molecular complexity index is 1340. The van der Waals surface area contributed by atoms with Crippen LogP contribution in [0.15, 0.2) is 24.3 Å². The summed E-state index contributed by atoms with van der Waals surface area (Å²) in [5, 5.41) is 25.5. The van der Waals surface area contributed by atoms with Crippen LogP contribution in [0.25, 0.3) is 21.8 Å². The Morgan fingerprint density at radius 1 is 1.03 bits per heavy atom. The van der Waals surface area contributed by atoms with Crippen LogP contribution in [0.1, 0.15) is 16.8 Å². The molecule has 30 heavy (non-hydrogen) atoms.